The van der Waals surface area contributed by atoms with E-state index in [-0.39, 0.29) is 11.3 Å². The lowest BCUT2D eigenvalue weighted by atomic mass is 10.1. The Morgan fingerprint density at radius 3 is 2.17 bits per heavy atom. The van der Waals surface area contributed by atoms with Gasteiger partial charge in [-0.05, 0) is 24.6 Å². The van der Waals surface area contributed by atoms with Crippen molar-refractivity contribution in [1.29, 1.82) is 0 Å². The van der Waals surface area contributed by atoms with Crippen LogP contribution in [0.2, 0.25) is 0 Å². The standard InChI is InChI=1S/C27H23N5O3/c1-2-32-27(35)21-14-7-6-13-20(21)24(30-32)26(34)29-28-25(33)22-17-31(16-18-10-4-3-5-11-18)23-15-9-8-12-19(22)23/h3-15,17H,2,16H2,1H3,(H,28,33)(H,29,34). The largest absolute Gasteiger partial charge is 0.342 e. The summed E-state index contributed by atoms with van der Waals surface area (Å²) in [5.74, 6) is -1.06. The highest BCUT2D eigenvalue weighted by Crippen LogP contribution is 2.22. The van der Waals surface area contributed by atoms with Gasteiger partial charge in [-0.2, -0.15) is 5.10 Å². The molecular weight excluding hydrogens is 442 g/mol. The molecule has 0 saturated heterocycles. The second-order valence-corrected chi connectivity index (χ2v) is 8.10. The van der Waals surface area contributed by atoms with Gasteiger partial charge >= 0.3 is 0 Å². The van der Waals surface area contributed by atoms with E-state index >= 15 is 0 Å². The highest BCUT2D eigenvalue weighted by molar-refractivity contribution is 6.09. The Kier molecular flexibility index (Phi) is 5.85. The Bertz CT molecular complexity index is 1620. The number of hydrogen-bond acceptors (Lipinski definition) is 4. The maximum absolute atomic E-state index is 13.1. The number of hydrazine groups is 1. The molecule has 0 saturated carbocycles. The van der Waals surface area contributed by atoms with Crippen LogP contribution in [0.1, 0.15) is 33.3 Å². The van der Waals surface area contributed by atoms with Crippen LogP contribution in [0, 0.1) is 0 Å². The maximum Gasteiger partial charge on any atom is 0.290 e. The van der Waals surface area contributed by atoms with E-state index in [1.807, 2.05) is 59.2 Å². The summed E-state index contributed by atoms with van der Waals surface area (Å²) >= 11 is 0. The molecule has 2 heterocycles. The van der Waals surface area contributed by atoms with E-state index in [0.29, 0.717) is 29.4 Å². The van der Waals surface area contributed by atoms with Crippen LogP contribution in [0.4, 0.5) is 0 Å². The number of fused-ring (bicyclic) bond motifs is 2. The molecule has 0 spiro atoms. The monoisotopic (exact) mass is 465 g/mol. The number of nitrogens with zero attached hydrogens (tertiary/aromatic N) is 3. The van der Waals surface area contributed by atoms with Gasteiger partial charge in [0.1, 0.15) is 0 Å². The molecule has 8 heteroatoms. The molecule has 8 nitrogen and oxygen atoms in total. The number of nitrogens with one attached hydrogen (secondary N) is 2. The van der Waals surface area contributed by atoms with Gasteiger partial charge in [0.25, 0.3) is 17.4 Å². The number of para-hydroxylation sites is 1. The van der Waals surface area contributed by atoms with Crippen LogP contribution in [-0.2, 0) is 13.1 Å². The lowest BCUT2D eigenvalue weighted by Gasteiger charge is -2.10. The number of carbonyl (C=O) groups excluding carboxylic acids is 2. The normalized spacial score (nSPS) is 11.0. The lowest BCUT2D eigenvalue weighted by molar-refractivity contribution is 0.0844. The van der Waals surface area contributed by atoms with Crippen LogP contribution >= 0.6 is 0 Å². The van der Waals surface area contributed by atoms with Crippen LogP contribution < -0.4 is 16.4 Å². The molecule has 0 atom stereocenters. The Hall–Kier alpha value is -4.72. The van der Waals surface area contributed by atoms with Crippen LogP contribution in [-0.4, -0.2) is 26.2 Å². The van der Waals surface area contributed by atoms with Crippen molar-refractivity contribution in [2.75, 3.05) is 0 Å². The summed E-state index contributed by atoms with van der Waals surface area (Å²) in [5.41, 5.74) is 7.22. The Labute approximate surface area is 200 Å². The van der Waals surface area contributed by atoms with Crippen molar-refractivity contribution in [1.82, 2.24) is 25.2 Å². The Balaban J connectivity index is 1.42. The first-order valence-corrected chi connectivity index (χ1v) is 11.3. The second kappa shape index (κ2) is 9.26. The first-order chi connectivity index (χ1) is 17.1. The number of benzene rings is 3. The molecule has 0 aliphatic heterocycles. The third kappa shape index (κ3) is 4.17. The molecule has 0 aliphatic carbocycles. The molecule has 0 fully saturated rings. The SMILES string of the molecule is CCn1nc(C(=O)NNC(=O)c2cn(Cc3ccccc3)c3ccccc23)c2ccccc2c1=O. The summed E-state index contributed by atoms with van der Waals surface area (Å²) in [6.07, 6.45) is 1.78. The molecule has 35 heavy (non-hydrogen) atoms. The number of hydrogen-bond donors (Lipinski definition) is 2. The van der Waals surface area contributed by atoms with Gasteiger partial charge in [0.2, 0.25) is 0 Å². The highest BCUT2D eigenvalue weighted by atomic mass is 16.2. The number of amides is 2. The molecular formula is C27H23N5O3. The number of aromatic nitrogens is 3. The van der Waals surface area contributed by atoms with Gasteiger partial charge in [0.05, 0.1) is 10.9 Å². The molecule has 2 aromatic heterocycles. The zero-order chi connectivity index (χ0) is 24.4. The van der Waals surface area contributed by atoms with Crippen molar-refractivity contribution in [2.24, 2.45) is 0 Å². The van der Waals surface area contributed by atoms with Crippen LogP contribution in [0.25, 0.3) is 21.7 Å². The number of carbonyl (C=O) groups is 2. The van der Waals surface area contributed by atoms with E-state index in [2.05, 4.69) is 16.0 Å². The lowest BCUT2D eigenvalue weighted by Crippen LogP contribution is -2.42. The molecule has 2 amide bonds. The average molecular weight is 466 g/mol. The van der Waals surface area contributed by atoms with Crippen molar-refractivity contribution >= 4 is 33.5 Å². The Morgan fingerprint density at radius 1 is 0.800 bits per heavy atom. The van der Waals surface area contributed by atoms with Gasteiger partial charge in [0.15, 0.2) is 5.69 Å². The zero-order valence-electron chi connectivity index (χ0n) is 19.1. The zero-order valence-corrected chi connectivity index (χ0v) is 19.1. The molecule has 3 aromatic carbocycles. The third-order valence-electron chi connectivity index (χ3n) is 5.90. The molecule has 174 valence electrons. The van der Waals surface area contributed by atoms with E-state index in [1.54, 1.807) is 37.4 Å². The van der Waals surface area contributed by atoms with Gasteiger partial charge in [-0.3, -0.25) is 25.2 Å². The van der Waals surface area contributed by atoms with Crippen molar-refractivity contribution in [3.05, 3.63) is 112 Å². The summed E-state index contributed by atoms with van der Waals surface area (Å²) in [7, 11) is 0. The fraction of sp³-hybridized carbons (Fsp3) is 0.111. The maximum atomic E-state index is 13.1. The number of rotatable bonds is 5. The topological polar surface area (TPSA) is 98.0 Å². The minimum Gasteiger partial charge on any atom is -0.342 e. The smallest absolute Gasteiger partial charge is 0.290 e. The third-order valence-corrected chi connectivity index (χ3v) is 5.90. The molecule has 5 rings (SSSR count). The van der Waals surface area contributed by atoms with Gasteiger partial charge in [-0.1, -0.05) is 66.7 Å². The molecule has 5 aromatic rings. The van der Waals surface area contributed by atoms with Crippen molar-refractivity contribution in [3.8, 4) is 0 Å². The summed E-state index contributed by atoms with van der Waals surface area (Å²) in [5, 5.41) is 5.80. The summed E-state index contributed by atoms with van der Waals surface area (Å²) < 4.78 is 3.24. The van der Waals surface area contributed by atoms with E-state index < -0.39 is 11.8 Å². The van der Waals surface area contributed by atoms with Gasteiger partial charge in [0, 0.05) is 35.6 Å². The van der Waals surface area contributed by atoms with Gasteiger partial charge < -0.3 is 4.57 Å². The molecule has 0 radical (unpaired) electrons. The summed E-state index contributed by atoms with van der Waals surface area (Å²) in [6, 6.07) is 24.4. The van der Waals surface area contributed by atoms with Crippen molar-refractivity contribution in [2.45, 2.75) is 20.0 Å². The van der Waals surface area contributed by atoms with Crippen molar-refractivity contribution < 1.29 is 9.59 Å². The summed E-state index contributed by atoms with van der Waals surface area (Å²) in [4.78, 5) is 38.6. The van der Waals surface area contributed by atoms with Crippen LogP contribution in [0.3, 0.4) is 0 Å². The first kappa shape index (κ1) is 22.1. The average Bonchev–Trinajstić information content (AvgIpc) is 3.26. The number of aryl methyl sites for hydroxylation is 1. The van der Waals surface area contributed by atoms with Gasteiger partial charge in [-0.15, -0.1) is 0 Å². The predicted octanol–water partition coefficient (Wildman–Crippen LogP) is 3.49. The fourth-order valence-corrected chi connectivity index (χ4v) is 4.20. The molecule has 0 aliphatic rings. The van der Waals surface area contributed by atoms with Crippen molar-refractivity contribution in [3.63, 3.8) is 0 Å². The van der Waals surface area contributed by atoms with E-state index in [9.17, 15) is 14.4 Å². The van der Waals surface area contributed by atoms with Crippen LogP contribution in [0.15, 0.2) is 89.9 Å². The highest BCUT2D eigenvalue weighted by Gasteiger charge is 2.19. The molecule has 2 N–H and O–H groups in total. The van der Waals surface area contributed by atoms with E-state index in [4.69, 9.17) is 0 Å². The predicted molar refractivity (Wildman–Crippen MR) is 134 cm³/mol. The first-order valence-electron chi connectivity index (χ1n) is 11.3. The minimum atomic E-state index is -0.607. The van der Waals surface area contributed by atoms with Gasteiger partial charge in [-0.25, -0.2) is 4.68 Å². The molecule has 0 unspecified atom stereocenters. The van der Waals surface area contributed by atoms with E-state index in [0.717, 1.165) is 16.5 Å². The fourth-order valence-electron chi connectivity index (χ4n) is 4.20. The summed E-state index contributed by atoms with van der Waals surface area (Å²) in [6.45, 7) is 2.70. The Morgan fingerprint density at radius 2 is 1.43 bits per heavy atom. The van der Waals surface area contributed by atoms with Crippen LogP contribution in [0.5, 0.6) is 0 Å². The second-order valence-electron chi connectivity index (χ2n) is 8.10. The minimum absolute atomic E-state index is 0.0638. The van der Waals surface area contributed by atoms with E-state index in [1.165, 1.54) is 4.68 Å². The quantitative estimate of drug-likeness (QED) is 0.388. The molecule has 0 bridgehead atoms.